The van der Waals surface area contributed by atoms with Crippen molar-refractivity contribution in [3.8, 4) is 0 Å². The largest absolute Gasteiger partial charge is 0.462 e. The maximum absolute atomic E-state index is 14.4. The van der Waals surface area contributed by atoms with Crippen molar-refractivity contribution in [3.05, 3.63) is 101 Å². The summed E-state index contributed by atoms with van der Waals surface area (Å²) in [5, 5.41) is 9.89. The van der Waals surface area contributed by atoms with Gasteiger partial charge in [0.2, 0.25) is 17.8 Å². The van der Waals surface area contributed by atoms with Crippen molar-refractivity contribution in [2.45, 2.75) is 211 Å². The number of benzene rings is 3. The van der Waals surface area contributed by atoms with Gasteiger partial charge in [-0.15, -0.1) is 0 Å². The first-order valence-corrected chi connectivity index (χ1v) is 34.3. The Morgan fingerprint density at radius 1 is 0.429 bits per heavy atom. The Morgan fingerprint density at radius 2 is 0.714 bits per heavy atom. The SMILES string of the molecule is CCCCCOC(=O)c1ccc(Nc2nc(Nc3ccc(C=C(C(=O)OC4CC(C)CCC4C(C)C)C(=O)OC4CC(C)CCC4C(C)C)cc3)nc(Nc3ccc(C=C(C(=O)OC4CC(C)CCC4C(C)C)C(=O)OC4CC(C)CCC4C(C)C)cc3)n2)cc1. The number of nitrogens with zero attached hydrogens (tertiary/aromatic N) is 3. The van der Waals surface area contributed by atoms with E-state index in [9.17, 15) is 24.0 Å². The summed E-state index contributed by atoms with van der Waals surface area (Å²) in [4.78, 5) is 84.7. The van der Waals surface area contributed by atoms with E-state index >= 15 is 0 Å². The third-order valence-corrected chi connectivity index (χ3v) is 19.7. The molecule has 3 N–H and O–H groups in total. The number of unbranched alkanes of at least 4 members (excludes halogenated alkanes) is 2. The van der Waals surface area contributed by atoms with E-state index in [1.54, 1.807) is 60.7 Å². The van der Waals surface area contributed by atoms with Gasteiger partial charge in [-0.3, -0.25) is 0 Å². The average molecular weight is 1250 g/mol. The number of aromatic nitrogens is 3. The molecule has 0 saturated heterocycles. The fourth-order valence-electron chi connectivity index (χ4n) is 14.1. The summed E-state index contributed by atoms with van der Waals surface area (Å²) in [6.07, 6.45) is 15.7. The number of carbonyl (C=O) groups is 5. The number of nitrogens with one attached hydrogen (secondary N) is 3. The van der Waals surface area contributed by atoms with Crippen LogP contribution in [0.1, 0.15) is 208 Å². The van der Waals surface area contributed by atoms with Crippen LogP contribution in [-0.2, 0) is 42.9 Å². The Kier molecular flexibility index (Phi) is 25.3. The summed E-state index contributed by atoms with van der Waals surface area (Å²) < 4.78 is 30.8. The molecule has 12 atom stereocenters. The van der Waals surface area contributed by atoms with E-state index in [-0.39, 0.29) is 77.1 Å². The smallest absolute Gasteiger partial charge is 0.345 e. The van der Waals surface area contributed by atoms with Gasteiger partial charge in [-0.2, -0.15) is 15.0 Å². The van der Waals surface area contributed by atoms with Gasteiger partial charge in [0.1, 0.15) is 35.6 Å². The fraction of sp³-hybridized carbons (Fsp3) is 0.600. The molecule has 91 heavy (non-hydrogen) atoms. The van der Waals surface area contributed by atoms with Crippen LogP contribution in [0.15, 0.2) is 83.9 Å². The van der Waals surface area contributed by atoms with Crippen LogP contribution >= 0.6 is 0 Å². The number of hydrogen-bond acceptors (Lipinski definition) is 16. The molecule has 4 saturated carbocycles. The van der Waals surface area contributed by atoms with E-state index in [1.165, 1.54) is 0 Å². The number of rotatable bonds is 25. The van der Waals surface area contributed by atoms with Gasteiger partial charge in [-0.05, 0) is 201 Å². The molecule has 0 amide bonds. The maximum Gasteiger partial charge on any atom is 0.345 e. The minimum atomic E-state index is -0.673. The lowest BCUT2D eigenvalue weighted by molar-refractivity contribution is -0.161. The van der Waals surface area contributed by atoms with Crippen molar-refractivity contribution in [1.82, 2.24) is 15.0 Å². The van der Waals surface area contributed by atoms with Gasteiger partial charge < -0.3 is 39.6 Å². The Balaban J connectivity index is 1.07. The Morgan fingerprint density at radius 3 is 0.989 bits per heavy atom. The molecule has 1 heterocycles. The molecule has 4 aliphatic rings. The van der Waals surface area contributed by atoms with Crippen molar-refractivity contribution >= 4 is 76.9 Å². The molecular formula is C75H104N6O10. The number of ether oxygens (including phenoxy) is 5. The first-order chi connectivity index (χ1) is 43.5. The lowest BCUT2D eigenvalue weighted by Gasteiger charge is -2.37. The van der Waals surface area contributed by atoms with Crippen LogP contribution in [0.5, 0.6) is 0 Å². The predicted molar refractivity (Wildman–Crippen MR) is 360 cm³/mol. The van der Waals surface area contributed by atoms with Crippen LogP contribution in [0.4, 0.5) is 34.9 Å². The van der Waals surface area contributed by atoms with Crippen LogP contribution < -0.4 is 16.0 Å². The zero-order valence-electron chi connectivity index (χ0n) is 56.6. The lowest BCUT2D eigenvalue weighted by Crippen LogP contribution is -2.39. The third-order valence-electron chi connectivity index (χ3n) is 19.7. The first kappa shape index (κ1) is 69.8. The van der Waals surface area contributed by atoms with E-state index in [0.717, 1.165) is 96.3 Å². The van der Waals surface area contributed by atoms with Gasteiger partial charge in [0.05, 0.1) is 12.2 Å². The van der Waals surface area contributed by atoms with E-state index in [0.29, 0.717) is 87.7 Å². The standard InChI is InChI=1S/C75H104N6O10/c1-14-15-16-37-87-68(82)54-25-31-57(32-26-54)78-75-80-73(76-55-27-21-52(22-28-55)42-62(69(83)88-64-38-48(10)17-33-58(64)44(2)3)70(84)89-65-39-49(11)18-34-59(65)45(4)5)79-74(81-75)77-56-29-23-53(24-30-56)43-63(71(85)90-66-40-50(12)19-35-60(66)46(6)7)72(86)91-67-41-51(13)20-36-61(67)47(8)9/h21-32,42-51,58-61,64-67H,14-20,33-41H2,1-13H3,(H3,76,77,78,79,80,81). The molecule has 0 aliphatic heterocycles. The molecule has 0 radical (unpaired) electrons. The topological polar surface area (TPSA) is 206 Å². The Labute approximate surface area is 542 Å². The van der Waals surface area contributed by atoms with Gasteiger partial charge in [0.25, 0.3) is 0 Å². The summed E-state index contributed by atoms with van der Waals surface area (Å²) in [5.74, 6) is 0.967. The molecule has 4 fully saturated rings. The number of anilines is 6. The second-order valence-corrected chi connectivity index (χ2v) is 28.5. The number of hydrogen-bond donors (Lipinski definition) is 3. The van der Waals surface area contributed by atoms with Crippen molar-refractivity contribution in [1.29, 1.82) is 0 Å². The molecule has 16 heteroatoms. The molecule has 4 aliphatic carbocycles. The van der Waals surface area contributed by atoms with Crippen LogP contribution in [-0.4, -0.2) is 75.8 Å². The zero-order valence-corrected chi connectivity index (χ0v) is 56.6. The normalized spacial score (nSPS) is 25.0. The van der Waals surface area contributed by atoms with Crippen molar-refractivity contribution < 1.29 is 47.7 Å². The molecule has 0 bridgehead atoms. The summed E-state index contributed by atoms with van der Waals surface area (Å²) in [7, 11) is 0. The molecule has 4 aromatic rings. The highest BCUT2D eigenvalue weighted by molar-refractivity contribution is 6.18. The molecule has 3 aromatic carbocycles. The second-order valence-electron chi connectivity index (χ2n) is 28.5. The summed E-state index contributed by atoms with van der Waals surface area (Å²) in [6.45, 7) is 28.5. The summed E-state index contributed by atoms with van der Waals surface area (Å²) in [5.41, 5.74) is 3.13. The van der Waals surface area contributed by atoms with E-state index in [2.05, 4.69) is 106 Å². The quantitative estimate of drug-likeness (QED) is 0.0141. The van der Waals surface area contributed by atoms with E-state index in [1.807, 2.05) is 24.3 Å². The first-order valence-electron chi connectivity index (χ1n) is 34.3. The van der Waals surface area contributed by atoms with Gasteiger partial charge >= 0.3 is 29.8 Å². The van der Waals surface area contributed by atoms with Gasteiger partial charge in [-0.1, -0.05) is 153 Å². The third kappa shape index (κ3) is 20.0. The Bertz CT molecular complexity index is 2860. The minimum absolute atomic E-state index is 0.134. The van der Waals surface area contributed by atoms with Crippen molar-refractivity contribution in [3.63, 3.8) is 0 Å². The molecule has 1 aromatic heterocycles. The molecule has 0 spiro atoms. The molecular weight excluding hydrogens is 1140 g/mol. The zero-order chi connectivity index (χ0) is 65.5. The van der Waals surface area contributed by atoms with Gasteiger partial charge in [0.15, 0.2) is 0 Å². The van der Waals surface area contributed by atoms with Crippen LogP contribution in [0.25, 0.3) is 12.2 Å². The molecule has 8 rings (SSSR count). The van der Waals surface area contributed by atoms with E-state index in [4.69, 9.17) is 38.6 Å². The number of esters is 5. The monoisotopic (exact) mass is 1250 g/mol. The summed E-state index contributed by atoms with van der Waals surface area (Å²) >= 11 is 0. The Hall–Kier alpha value is -7.10. The highest BCUT2D eigenvalue weighted by atomic mass is 16.6. The van der Waals surface area contributed by atoms with Crippen LogP contribution in [0, 0.1) is 71.0 Å². The summed E-state index contributed by atoms with van der Waals surface area (Å²) in [6, 6.07) is 21.3. The van der Waals surface area contributed by atoms with E-state index < -0.39 is 29.8 Å². The van der Waals surface area contributed by atoms with Crippen molar-refractivity contribution in [2.75, 3.05) is 22.6 Å². The second kappa shape index (κ2) is 33.0. The fourth-order valence-corrected chi connectivity index (χ4v) is 14.1. The van der Waals surface area contributed by atoms with Crippen LogP contribution in [0.3, 0.4) is 0 Å². The van der Waals surface area contributed by atoms with Gasteiger partial charge in [-0.25, -0.2) is 24.0 Å². The van der Waals surface area contributed by atoms with Crippen LogP contribution in [0.2, 0.25) is 0 Å². The number of carbonyl (C=O) groups excluding carboxylic acids is 5. The van der Waals surface area contributed by atoms with Gasteiger partial charge in [0, 0.05) is 17.1 Å². The molecule has 12 unspecified atom stereocenters. The predicted octanol–water partition coefficient (Wildman–Crippen LogP) is 17.2. The lowest BCUT2D eigenvalue weighted by atomic mass is 9.75. The highest BCUT2D eigenvalue weighted by Crippen LogP contribution is 2.41. The van der Waals surface area contributed by atoms with Crippen molar-refractivity contribution in [2.24, 2.45) is 71.0 Å². The maximum atomic E-state index is 14.4. The molecule has 494 valence electrons. The average Bonchev–Trinajstić information content (AvgIpc) is 1.44. The molecule has 16 nitrogen and oxygen atoms in total. The minimum Gasteiger partial charge on any atom is -0.462 e. The highest BCUT2D eigenvalue weighted by Gasteiger charge is 2.40.